The molecule has 0 radical (unpaired) electrons. The Bertz CT molecular complexity index is 313. The molecule has 0 fully saturated rings. The summed E-state index contributed by atoms with van der Waals surface area (Å²) < 4.78 is 4.68. The van der Waals surface area contributed by atoms with Gasteiger partial charge in [0, 0.05) is 6.07 Å². The van der Waals surface area contributed by atoms with Gasteiger partial charge >= 0.3 is 0 Å². The van der Waals surface area contributed by atoms with Crippen molar-refractivity contribution in [1.82, 2.24) is 0 Å². The largest absolute Gasteiger partial charge is 0.504 e. The molecule has 0 bridgehead atoms. The number of aromatic hydroxyl groups is 1. The fraction of sp³-hybridized carbons (Fsp3) is 0.455. The molecule has 5 nitrogen and oxygen atoms in total. The summed E-state index contributed by atoms with van der Waals surface area (Å²) >= 11 is 0. The number of nitro groups is 1. The van der Waals surface area contributed by atoms with Gasteiger partial charge in [-0.05, 0) is 6.07 Å². The van der Waals surface area contributed by atoms with Crippen molar-refractivity contribution in [3.8, 4) is 11.5 Å². The van der Waals surface area contributed by atoms with Crippen molar-refractivity contribution in [2.45, 2.75) is 27.7 Å². The van der Waals surface area contributed by atoms with E-state index in [0.717, 1.165) is 6.07 Å². The fourth-order valence-electron chi connectivity index (χ4n) is 0.780. The van der Waals surface area contributed by atoms with Crippen LogP contribution in [0.5, 0.6) is 11.5 Å². The molecular weight excluding hydrogens is 210 g/mol. The molecular formula is C11H19NO4. The Morgan fingerprint density at radius 2 is 1.75 bits per heavy atom. The van der Waals surface area contributed by atoms with E-state index in [0.29, 0.717) is 0 Å². The number of rotatable bonds is 2. The number of non-ortho nitro benzene ring substituents is 1. The maximum absolute atomic E-state index is 10.2. The minimum atomic E-state index is -0.554. The van der Waals surface area contributed by atoms with E-state index >= 15 is 0 Å². The van der Waals surface area contributed by atoms with Crippen LogP contribution in [-0.4, -0.2) is 17.1 Å². The molecule has 0 aliphatic rings. The lowest BCUT2D eigenvalue weighted by Gasteiger charge is -2.00. The minimum Gasteiger partial charge on any atom is -0.504 e. The van der Waals surface area contributed by atoms with Gasteiger partial charge in [0.1, 0.15) is 0 Å². The van der Waals surface area contributed by atoms with E-state index in [2.05, 4.69) is 4.74 Å². The zero-order chi connectivity index (χ0) is 13.1. The van der Waals surface area contributed by atoms with Gasteiger partial charge in [-0.15, -0.1) is 0 Å². The number of benzene rings is 1. The van der Waals surface area contributed by atoms with E-state index in [1.165, 1.54) is 19.2 Å². The zero-order valence-corrected chi connectivity index (χ0v) is 10.4. The van der Waals surface area contributed by atoms with Crippen LogP contribution in [-0.2, 0) is 0 Å². The molecule has 5 heteroatoms. The van der Waals surface area contributed by atoms with Crippen LogP contribution in [0.3, 0.4) is 0 Å². The molecule has 0 aromatic heterocycles. The standard InChI is InChI=1S/C7H7NO4.2C2H6/c1-12-7-4-5(8(10)11)2-3-6(7)9;2*1-2/h2-4,9H,1H3;2*1-2H3. The topological polar surface area (TPSA) is 72.6 Å². The van der Waals surface area contributed by atoms with Crippen LogP contribution in [0.25, 0.3) is 0 Å². The van der Waals surface area contributed by atoms with Gasteiger partial charge in [0.2, 0.25) is 0 Å². The van der Waals surface area contributed by atoms with Crippen molar-refractivity contribution in [3.05, 3.63) is 28.3 Å². The molecule has 0 amide bonds. The number of ether oxygens (including phenoxy) is 1. The molecule has 0 heterocycles. The Labute approximate surface area is 95.8 Å². The summed E-state index contributed by atoms with van der Waals surface area (Å²) in [7, 11) is 1.33. The molecule has 0 spiro atoms. The van der Waals surface area contributed by atoms with E-state index in [1.54, 1.807) is 0 Å². The highest BCUT2D eigenvalue weighted by atomic mass is 16.6. The lowest BCUT2D eigenvalue weighted by molar-refractivity contribution is -0.385. The van der Waals surface area contributed by atoms with Crippen molar-refractivity contribution in [2.24, 2.45) is 0 Å². The molecule has 1 aromatic rings. The Kier molecular flexibility index (Phi) is 10.2. The summed E-state index contributed by atoms with van der Waals surface area (Å²) in [5.41, 5.74) is -0.107. The van der Waals surface area contributed by atoms with Crippen molar-refractivity contribution in [3.63, 3.8) is 0 Å². The van der Waals surface area contributed by atoms with E-state index < -0.39 is 4.92 Å². The molecule has 0 saturated carbocycles. The Hall–Kier alpha value is -1.78. The second-order valence-corrected chi connectivity index (χ2v) is 2.11. The number of phenolic OH excluding ortho intramolecular Hbond substituents is 1. The molecule has 16 heavy (non-hydrogen) atoms. The number of hydrogen-bond donors (Lipinski definition) is 1. The van der Waals surface area contributed by atoms with Gasteiger partial charge in [0.05, 0.1) is 18.1 Å². The molecule has 1 N–H and O–H groups in total. The molecule has 0 saturated heterocycles. The van der Waals surface area contributed by atoms with Gasteiger partial charge in [-0.1, -0.05) is 27.7 Å². The van der Waals surface area contributed by atoms with Gasteiger partial charge in [-0.2, -0.15) is 0 Å². The van der Waals surface area contributed by atoms with E-state index in [4.69, 9.17) is 5.11 Å². The molecule has 92 valence electrons. The third kappa shape index (κ3) is 5.19. The highest BCUT2D eigenvalue weighted by Gasteiger charge is 2.09. The smallest absolute Gasteiger partial charge is 0.273 e. The molecule has 0 unspecified atom stereocenters. The Morgan fingerprint density at radius 1 is 1.25 bits per heavy atom. The SMILES string of the molecule is CC.CC.COc1cc([N+](=O)[O-])ccc1O. The van der Waals surface area contributed by atoms with Gasteiger partial charge in [-0.25, -0.2) is 0 Å². The average molecular weight is 229 g/mol. The van der Waals surface area contributed by atoms with Crippen LogP contribution < -0.4 is 4.74 Å². The van der Waals surface area contributed by atoms with Crippen LogP contribution in [0.2, 0.25) is 0 Å². The summed E-state index contributed by atoms with van der Waals surface area (Å²) in [6.45, 7) is 8.00. The van der Waals surface area contributed by atoms with Gasteiger partial charge in [-0.3, -0.25) is 10.1 Å². The molecule has 1 aromatic carbocycles. The first-order valence-electron chi connectivity index (χ1n) is 5.16. The Morgan fingerprint density at radius 3 is 2.12 bits per heavy atom. The Balaban J connectivity index is 0. The number of methoxy groups -OCH3 is 1. The summed E-state index contributed by atoms with van der Waals surface area (Å²) in [5, 5.41) is 19.3. The predicted molar refractivity (Wildman–Crippen MR) is 64.0 cm³/mol. The summed E-state index contributed by atoms with van der Waals surface area (Å²) in [5.74, 6) is -0.00713. The number of hydrogen-bond acceptors (Lipinski definition) is 4. The lowest BCUT2D eigenvalue weighted by atomic mass is 10.3. The van der Waals surface area contributed by atoms with Gasteiger partial charge < -0.3 is 9.84 Å². The van der Waals surface area contributed by atoms with Gasteiger partial charge in [0.25, 0.3) is 5.69 Å². The number of nitro benzene ring substituents is 1. The number of nitrogens with zero attached hydrogens (tertiary/aromatic N) is 1. The van der Waals surface area contributed by atoms with E-state index in [9.17, 15) is 10.1 Å². The molecule has 0 aliphatic heterocycles. The summed E-state index contributed by atoms with van der Waals surface area (Å²) in [6.07, 6.45) is 0. The summed E-state index contributed by atoms with van der Waals surface area (Å²) in [6, 6.07) is 3.59. The third-order valence-corrected chi connectivity index (χ3v) is 1.37. The highest BCUT2D eigenvalue weighted by molar-refractivity contribution is 5.47. The quantitative estimate of drug-likeness (QED) is 0.623. The lowest BCUT2D eigenvalue weighted by Crippen LogP contribution is -1.89. The van der Waals surface area contributed by atoms with Crippen LogP contribution >= 0.6 is 0 Å². The minimum absolute atomic E-state index is 0.101. The fourth-order valence-corrected chi connectivity index (χ4v) is 0.780. The van der Waals surface area contributed by atoms with E-state index in [-0.39, 0.29) is 17.2 Å². The maximum Gasteiger partial charge on any atom is 0.273 e. The first-order chi connectivity index (χ1) is 7.65. The normalized spacial score (nSPS) is 7.81. The van der Waals surface area contributed by atoms with Crippen LogP contribution in [0.15, 0.2) is 18.2 Å². The molecule has 1 rings (SSSR count). The third-order valence-electron chi connectivity index (χ3n) is 1.37. The van der Waals surface area contributed by atoms with Gasteiger partial charge in [0.15, 0.2) is 11.5 Å². The number of phenols is 1. The molecule has 0 aliphatic carbocycles. The first-order valence-corrected chi connectivity index (χ1v) is 5.16. The summed E-state index contributed by atoms with van der Waals surface area (Å²) in [4.78, 5) is 9.70. The first kappa shape index (κ1) is 16.6. The van der Waals surface area contributed by atoms with Crippen LogP contribution in [0, 0.1) is 10.1 Å². The highest BCUT2D eigenvalue weighted by Crippen LogP contribution is 2.29. The second-order valence-electron chi connectivity index (χ2n) is 2.11. The van der Waals surface area contributed by atoms with Crippen LogP contribution in [0.4, 0.5) is 5.69 Å². The van der Waals surface area contributed by atoms with Crippen molar-refractivity contribution in [1.29, 1.82) is 0 Å². The molecule has 0 atom stereocenters. The van der Waals surface area contributed by atoms with Crippen LogP contribution in [0.1, 0.15) is 27.7 Å². The predicted octanol–water partition coefficient (Wildman–Crippen LogP) is 3.36. The monoisotopic (exact) mass is 229 g/mol. The zero-order valence-electron chi connectivity index (χ0n) is 10.4. The maximum atomic E-state index is 10.2. The van der Waals surface area contributed by atoms with Crippen molar-refractivity contribution < 1.29 is 14.8 Å². The van der Waals surface area contributed by atoms with Crippen molar-refractivity contribution in [2.75, 3.05) is 7.11 Å². The van der Waals surface area contributed by atoms with E-state index in [1.807, 2.05) is 27.7 Å². The second kappa shape index (κ2) is 9.76. The van der Waals surface area contributed by atoms with Crippen molar-refractivity contribution >= 4 is 5.69 Å². The average Bonchev–Trinajstić information content (AvgIpc) is 2.34.